The van der Waals surface area contributed by atoms with Crippen molar-refractivity contribution in [2.24, 2.45) is 0 Å². The summed E-state index contributed by atoms with van der Waals surface area (Å²) < 4.78 is 13.4. The number of ether oxygens (including phenoxy) is 2. The summed E-state index contributed by atoms with van der Waals surface area (Å²) in [4.78, 5) is 8.31. The van der Waals surface area contributed by atoms with Crippen molar-refractivity contribution >= 4 is 5.95 Å². The molecule has 0 radical (unpaired) electrons. The van der Waals surface area contributed by atoms with E-state index in [1.165, 1.54) is 0 Å². The van der Waals surface area contributed by atoms with E-state index in [1.54, 1.807) is 25.7 Å². The summed E-state index contributed by atoms with van der Waals surface area (Å²) in [5, 5.41) is 11.7. The third-order valence-corrected chi connectivity index (χ3v) is 4.01. The SMILES string of the molecule is CNc1nnc2n1C(c1ccncc1)COc1c-2ccnc1OC. The molecule has 0 fully saturated rings. The van der Waals surface area contributed by atoms with Crippen LogP contribution in [0.4, 0.5) is 5.95 Å². The van der Waals surface area contributed by atoms with Crippen molar-refractivity contribution < 1.29 is 9.47 Å². The summed E-state index contributed by atoms with van der Waals surface area (Å²) >= 11 is 0. The van der Waals surface area contributed by atoms with E-state index in [0.717, 1.165) is 11.1 Å². The summed E-state index contributed by atoms with van der Waals surface area (Å²) in [6, 6.07) is 5.68. The smallest absolute Gasteiger partial charge is 0.257 e. The van der Waals surface area contributed by atoms with Crippen molar-refractivity contribution in [3.8, 4) is 23.0 Å². The minimum absolute atomic E-state index is 0.0995. The minimum atomic E-state index is -0.0995. The molecule has 1 aliphatic rings. The molecule has 122 valence electrons. The second kappa shape index (κ2) is 5.80. The van der Waals surface area contributed by atoms with Crippen molar-refractivity contribution in [3.63, 3.8) is 0 Å². The first-order chi connectivity index (χ1) is 11.8. The monoisotopic (exact) mass is 324 g/mol. The zero-order valence-corrected chi connectivity index (χ0v) is 13.3. The van der Waals surface area contributed by atoms with Gasteiger partial charge in [-0.15, -0.1) is 10.2 Å². The van der Waals surface area contributed by atoms with Crippen molar-refractivity contribution in [1.29, 1.82) is 0 Å². The number of hydrogen-bond donors (Lipinski definition) is 1. The van der Waals surface area contributed by atoms with Crippen LogP contribution in [0.2, 0.25) is 0 Å². The first-order valence-corrected chi connectivity index (χ1v) is 7.52. The Morgan fingerprint density at radius 3 is 2.79 bits per heavy atom. The molecule has 1 N–H and O–H groups in total. The van der Waals surface area contributed by atoms with Gasteiger partial charge in [-0.2, -0.15) is 0 Å². The van der Waals surface area contributed by atoms with Gasteiger partial charge in [-0.25, -0.2) is 4.98 Å². The summed E-state index contributed by atoms with van der Waals surface area (Å²) in [6.45, 7) is 0.402. The molecule has 8 nitrogen and oxygen atoms in total. The van der Waals surface area contributed by atoms with Crippen molar-refractivity contribution in [3.05, 3.63) is 42.4 Å². The summed E-state index contributed by atoms with van der Waals surface area (Å²) in [6.07, 6.45) is 5.20. The number of methoxy groups -OCH3 is 1. The van der Waals surface area contributed by atoms with E-state index in [-0.39, 0.29) is 6.04 Å². The van der Waals surface area contributed by atoms with Crippen molar-refractivity contribution in [2.45, 2.75) is 6.04 Å². The molecule has 0 saturated carbocycles. The molecule has 4 heterocycles. The second-order valence-electron chi connectivity index (χ2n) is 5.27. The van der Waals surface area contributed by atoms with E-state index < -0.39 is 0 Å². The first-order valence-electron chi connectivity index (χ1n) is 7.52. The van der Waals surface area contributed by atoms with Gasteiger partial charge in [0.25, 0.3) is 5.88 Å². The maximum absolute atomic E-state index is 6.05. The van der Waals surface area contributed by atoms with Crippen LogP contribution in [0, 0.1) is 0 Å². The zero-order valence-electron chi connectivity index (χ0n) is 13.3. The molecule has 3 aromatic heterocycles. The van der Waals surface area contributed by atoms with Crippen LogP contribution in [0.15, 0.2) is 36.8 Å². The minimum Gasteiger partial charge on any atom is -0.485 e. The van der Waals surface area contributed by atoms with Gasteiger partial charge in [0, 0.05) is 25.6 Å². The Morgan fingerprint density at radius 1 is 1.21 bits per heavy atom. The topological polar surface area (TPSA) is 87.0 Å². The molecule has 1 aliphatic heterocycles. The van der Waals surface area contributed by atoms with Gasteiger partial charge < -0.3 is 14.8 Å². The molecule has 0 saturated heterocycles. The summed E-state index contributed by atoms with van der Waals surface area (Å²) in [5.41, 5.74) is 1.86. The molecule has 1 atom stereocenters. The quantitative estimate of drug-likeness (QED) is 0.785. The second-order valence-corrected chi connectivity index (χ2v) is 5.27. The Kier molecular flexibility index (Phi) is 3.49. The van der Waals surface area contributed by atoms with E-state index in [4.69, 9.17) is 9.47 Å². The molecular weight excluding hydrogens is 308 g/mol. The molecule has 0 amide bonds. The standard InChI is InChI=1S/C16H16N6O2/c1-17-16-21-20-14-11-5-8-19-15(23-2)13(11)24-9-12(22(14)16)10-3-6-18-7-4-10/h3-8,12H,9H2,1-2H3,(H,17,21). The highest BCUT2D eigenvalue weighted by atomic mass is 16.5. The van der Waals surface area contributed by atoms with Crippen LogP contribution in [-0.4, -0.2) is 45.5 Å². The maximum atomic E-state index is 6.05. The highest BCUT2D eigenvalue weighted by Gasteiger charge is 2.30. The number of fused-ring (bicyclic) bond motifs is 3. The van der Waals surface area contributed by atoms with Crippen LogP contribution in [0.1, 0.15) is 11.6 Å². The van der Waals surface area contributed by atoms with Crippen LogP contribution in [0.25, 0.3) is 11.4 Å². The molecule has 1 unspecified atom stereocenters. The molecule has 3 aromatic rings. The lowest BCUT2D eigenvalue weighted by atomic mass is 10.1. The van der Waals surface area contributed by atoms with Crippen LogP contribution in [0.5, 0.6) is 11.6 Å². The molecule has 24 heavy (non-hydrogen) atoms. The Hall–Kier alpha value is -3.16. The van der Waals surface area contributed by atoms with Gasteiger partial charge in [-0.3, -0.25) is 9.55 Å². The van der Waals surface area contributed by atoms with E-state index in [9.17, 15) is 0 Å². The number of hydrogen-bond acceptors (Lipinski definition) is 7. The number of anilines is 1. The number of rotatable bonds is 3. The molecule has 0 spiro atoms. The molecular formula is C16H16N6O2. The maximum Gasteiger partial charge on any atom is 0.257 e. The third-order valence-electron chi connectivity index (χ3n) is 4.01. The van der Waals surface area contributed by atoms with E-state index in [1.807, 2.05) is 29.8 Å². The highest BCUT2D eigenvalue weighted by Crippen LogP contribution is 2.41. The van der Waals surface area contributed by atoms with Gasteiger partial charge in [0.2, 0.25) is 5.95 Å². The van der Waals surface area contributed by atoms with E-state index >= 15 is 0 Å². The lowest BCUT2D eigenvalue weighted by Gasteiger charge is -2.19. The average molecular weight is 324 g/mol. The van der Waals surface area contributed by atoms with Gasteiger partial charge in [0.05, 0.1) is 18.7 Å². The van der Waals surface area contributed by atoms with E-state index in [2.05, 4.69) is 25.5 Å². The predicted molar refractivity (Wildman–Crippen MR) is 87.2 cm³/mol. The predicted octanol–water partition coefficient (Wildman–Crippen LogP) is 1.77. The summed E-state index contributed by atoms with van der Waals surface area (Å²) in [7, 11) is 3.39. The van der Waals surface area contributed by atoms with E-state index in [0.29, 0.717) is 30.0 Å². The van der Waals surface area contributed by atoms with Gasteiger partial charge in [0.1, 0.15) is 6.61 Å². The first kappa shape index (κ1) is 14.4. The summed E-state index contributed by atoms with van der Waals surface area (Å²) in [5.74, 6) is 2.38. The number of aromatic nitrogens is 5. The lowest BCUT2D eigenvalue weighted by Crippen LogP contribution is -2.19. The van der Waals surface area contributed by atoms with Gasteiger partial charge in [-0.05, 0) is 23.8 Å². The Bertz CT molecular complexity index is 864. The van der Waals surface area contributed by atoms with Gasteiger partial charge in [0.15, 0.2) is 11.6 Å². The largest absolute Gasteiger partial charge is 0.485 e. The van der Waals surface area contributed by atoms with Crippen molar-refractivity contribution in [2.75, 3.05) is 26.1 Å². The molecule has 4 rings (SSSR count). The highest BCUT2D eigenvalue weighted by molar-refractivity contribution is 5.69. The normalized spacial score (nSPS) is 15.7. The lowest BCUT2D eigenvalue weighted by molar-refractivity contribution is 0.263. The Balaban J connectivity index is 1.94. The Labute approximate surface area is 138 Å². The fraction of sp³-hybridized carbons (Fsp3) is 0.250. The van der Waals surface area contributed by atoms with Gasteiger partial charge >= 0.3 is 0 Å². The fourth-order valence-electron chi connectivity index (χ4n) is 2.90. The van der Waals surface area contributed by atoms with Crippen LogP contribution in [0.3, 0.4) is 0 Å². The Morgan fingerprint density at radius 2 is 2.04 bits per heavy atom. The molecule has 8 heteroatoms. The van der Waals surface area contributed by atoms with Crippen LogP contribution < -0.4 is 14.8 Å². The van der Waals surface area contributed by atoms with Gasteiger partial charge in [-0.1, -0.05) is 0 Å². The number of nitrogens with zero attached hydrogens (tertiary/aromatic N) is 5. The zero-order chi connectivity index (χ0) is 16.5. The molecule has 0 bridgehead atoms. The molecule has 0 aromatic carbocycles. The third kappa shape index (κ3) is 2.15. The number of pyridine rings is 2. The molecule has 0 aliphatic carbocycles. The fourth-order valence-corrected chi connectivity index (χ4v) is 2.90. The number of nitrogens with one attached hydrogen (secondary N) is 1. The average Bonchev–Trinajstić information content (AvgIpc) is 2.99. The van der Waals surface area contributed by atoms with Crippen LogP contribution >= 0.6 is 0 Å². The van der Waals surface area contributed by atoms with Crippen molar-refractivity contribution in [1.82, 2.24) is 24.7 Å². The van der Waals surface area contributed by atoms with Crippen LogP contribution in [-0.2, 0) is 0 Å².